The molecule has 0 saturated heterocycles. The van der Waals surface area contributed by atoms with Gasteiger partial charge in [-0.3, -0.25) is 0 Å². The molecule has 0 aliphatic carbocycles. The first kappa shape index (κ1) is 23.3. The van der Waals surface area contributed by atoms with E-state index in [-0.39, 0.29) is 11.8 Å². The average molecular weight is 352 g/mol. The number of hydrogen-bond acceptors (Lipinski definition) is 0. The predicted octanol–water partition coefficient (Wildman–Crippen LogP) is 5.98. The van der Waals surface area contributed by atoms with E-state index in [2.05, 4.69) is 123 Å². The van der Waals surface area contributed by atoms with E-state index in [1.54, 1.807) is 12.2 Å². The van der Waals surface area contributed by atoms with Gasteiger partial charge in [-0.1, -0.05) is 48.2 Å². The summed E-state index contributed by atoms with van der Waals surface area (Å²) < 4.78 is 0. The van der Waals surface area contributed by atoms with Crippen molar-refractivity contribution in [3.05, 3.63) is 141 Å². The van der Waals surface area contributed by atoms with E-state index in [0.29, 0.717) is 0 Å². The second kappa shape index (κ2) is 17.1. The Morgan fingerprint density at radius 2 is 0.964 bits per heavy atom. The highest BCUT2D eigenvalue weighted by Crippen LogP contribution is 2.20. The van der Waals surface area contributed by atoms with E-state index in [4.69, 9.17) is 0 Å². The normalized spacial score (nSPS) is 7.11. The van der Waals surface area contributed by atoms with Crippen LogP contribution >= 0.6 is 0 Å². The molecule has 28 heavy (non-hydrogen) atoms. The largest absolute Gasteiger partial charge is 0.0687 e. The third kappa shape index (κ3) is 12.7. The molecule has 0 aliphatic rings. The van der Waals surface area contributed by atoms with E-state index in [1.807, 2.05) is 13.8 Å². The molecule has 0 aromatic rings. The Kier molecular flexibility index (Phi) is 14.2. The summed E-state index contributed by atoms with van der Waals surface area (Å²) in [5, 5.41) is 0. The van der Waals surface area contributed by atoms with Crippen molar-refractivity contribution in [2.75, 3.05) is 0 Å². The van der Waals surface area contributed by atoms with E-state index < -0.39 is 0 Å². The van der Waals surface area contributed by atoms with E-state index in [0.717, 1.165) is 5.57 Å². The van der Waals surface area contributed by atoms with Crippen LogP contribution in [-0.4, -0.2) is 0 Å². The van der Waals surface area contributed by atoms with E-state index >= 15 is 0 Å². The van der Waals surface area contributed by atoms with Crippen LogP contribution < -0.4 is 0 Å². The van der Waals surface area contributed by atoms with Gasteiger partial charge in [0, 0.05) is 5.92 Å². The van der Waals surface area contributed by atoms with E-state index in [1.165, 1.54) is 0 Å². The minimum atomic E-state index is -0.199. The predicted molar refractivity (Wildman–Crippen MR) is 111 cm³/mol. The first-order chi connectivity index (χ1) is 13.7. The zero-order valence-corrected chi connectivity index (χ0v) is 15.9. The SMILES string of the molecule is C=C=C=C=C=C=C=CC(C=C=C=C=C=C=C=C)C(=C=C=C=C=C=C=C)C(C)C. The molecular formula is C28H16. The fourth-order valence-corrected chi connectivity index (χ4v) is 1.60. The molecule has 0 nitrogen and oxygen atoms in total. The number of allylic oxidation sites excluding steroid dienone is 3. The van der Waals surface area contributed by atoms with Crippen molar-refractivity contribution in [1.82, 2.24) is 0 Å². The van der Waals surface area contributed by atoms with Crippen molar-refractivity contribution in [3.63, 3.8) is 0 Å². The zero-order chi connectivity index (χ0) is 20.9. The molecule has 0 unspecified atom stereocenters. The van der Waals surface area contributed by atoms with Gasteiger partial charge < -0.3 is 0 Å². The van der Waals surface area contributed by atoms with Gasteiger partial charge in [0.15, 0.2) is 0 Å². The first-order valence-corrected chi connectivity index (χ1v) is 8.04. The Morgan fingerprint density at radius 3 is 1.36 bits per heavy atom. The molecule has 128 valence electrons. The fraction of sp³-hybridized carbons (Fsp3) is 0.143. The van der Waals surface area contributed by atoms with Crippen molar-refractivity contribution < 1.29 is 0 Å². The lowest BCUT2D eigenvalue weighted by Crippen LogP contribution is -2.02. The van der Waals surface area contributed by atoms with Crippen LogP contribution in [0.15, 0.2) is 141 Å². The molecular weight excluding hydrogens is 336 g/mol. The highest BCUT2D eigenvalue weighted by atomic mass is 14.1. The van der Waals surface area contributed by atoms with Gasteiger partial charge in [-0.2, -0.15) is 0 Å². The first-order valence-electron chi connectivity index (χ1n) is 8.04. The lowest BCUT2D eigenvalue weighted by molar-refractivity contribution is 0.699. The van der Waals surface area contributed by atoms with Crippen LogP contribution in [0.4, 0.5) is 0 Å². The average Bonchev–Trinajstić information content (AvgIpc) is 2.68. The molecule has 0 aromatic heterocycles. The molecule has 0 atom stereocenters. The van der Waals surface area contributed by atoms with Crippen molar-refractivity contribution in [3.8, 4) is 0 Å². The number of hydrogen-bond donors (Lipinski definition) is 0. The van der Waals surface area contributed by atoms with Crippen LogP contribution in [0.5, 0.6) is 0 Å². The Morgan fingerprint density at radius 1 is 0.571 bits per heavy atom. The Balaban J connectivity index is 6.89. The van der Waals surface area contributed by atoms with E-state index in [9.17, 15) is 0 Å². The molecule has 0 aromatic carbocycles. The van der Waals surface area contributed by atoms with Gasteiger partial charge in [0.05, 0.1) is 0 Å². The molecule has 0 amide bonds. The summed E-state index contributed by atoms with van der Waals surface area (Å²) in [5.74, 6) is -0.0322. The molecule has 0 saturated carbocycles. The quantitative estimate of drug-likeness (QED) is 0.546. The fourth-order valence-electron chi connectivity index (χ4n) is 1.60. The van der Waals surface area contributed by atoms with Gasteiger partial charge >= 0.3 is 0 Å². The summed E-state index contributed by atoms with van der Waals surface area (Å²) in [5.41, 5.74) is 48.6. The molecule has 0 heterocycles. The maximum absolute atomic E-state index is 3.39. The highest BCUT2D eigenvalue weighted by Gasteiger charge is 2.11. The summed E-state index contributed by atoms with van der Waals surface area (Å²) in [6, 6.07) is 0. The van der Waals surface area contributed by atoms with Gasteiger partial charge in [0.25, 0.3) is 0 Å². The van der Waals surface area contributed by atoms with Gasteiger partial charge in [-0.15, -0.1) is 0 Å². The number of rotatable bonds is 4. The molecule has 0 N–H and O–H groups in total. The Bertz CT molecular complexity index is 1240. The highest BCUT2D eigenvalue weighted by molar-refractivity contribution is 5.21. The second-order valence-corrected chi connectivity index (χ2v) is 4.91. The molecule has 0 radical (unpaired) electrons. The minimum Gasteiger partial charge on any atom is -0.0687 e. The summed E-state index contributed by atoms with van der Waals surface area (Å²) in [4.78, 5) is 0. The monoisotopic (exact) mass is 352 g/mol. The second-order valence-electron chi connectivity index (χ2n) is 4.91. The van der Waals surface area contributed by atoms with Crippen molar-refractivity contribution >= 4 is 0 Å². The molecule has 0 aliphatic heterocycles. The Hall–Kier alpha value is -4.74. The lowest BCUT2D eigenvalue weighted by atomic mass is 9.90. The van der Waals surface area contributed by atoms with Crippen LogP contribution in [0, 0.1) is 11.8 Å². The van der Waals surface area contributed by atoms with Crippen molar-refractivity contribution in [1.29, 1.82) is 0 Å². The summed E-state index contributed by atoms with van der Waals surface area (Å²) in [6.07, 6.45) is 3.55. The maximum atomic E-state index is 3.39. The molecule has 0 spiro atoms. The third-order valence-electron chi connectivity index (χ3n) is 2.69. The molecule has 0 fully saturated rings. The van der Waals surface area contributed by atoms with Gasteiger partial charge in [0.2, 0.25) is 0 Å². The van der Waals surface area contributed by atoms with Crippen LogP contribution in [0.3, 0.4) is 0 Å². The smallest absolute Gasteiger partial charge is 0.0406 e. The topological polar surface area (TPSA) is 0 Å². The van der Waals surface area contributed by atoms with Crippen molar-refractivity contribution in [2.24, 2.45) is 11.8 Å². The van der Waals surface area contributed by atoms with Gasteiger partial charge in [-0.25, -0.2) is 0 Å². The van der Waals surface area contributed by atoms with Crippen LogP contribution in [-0.2, 0) is 0 Å². The summed E-state index contributed by atoms with van der Waals surface area (Å²) in [6.45, 7) is 14.2. The third-order valence-corrected chi connectivity index (χ3v) is 2.69. The van der Waals surface area contributed by atoms with Crippen LogP contribution in [0.1, 0.15) is 13.8 Å². The Labute approximate surface area is 166 Å². The molecule has 0 bridgehead atoms. The lowest BCUT2D eigenvalue weighted by Gasteiger charge is -2.12. The van der Waals surface area contributed by atoms with Crippen LogP contribution in [0.25, 0.3) is 0 Å². The van der Waals surface area contributed by atoms with Gasteiger partial charge in [-0.05, 0) is 112 Å². The summed E-state index contributed by atoms with van der Waals surface area (Å²) in [7, 11) is 0. The summed E-state index contributed by atoms with van der Waals surface area (Å²) >= 11 is 0. The maximum Gasteiger partial charge on any atom is 0.0406 e. The molecule has 0 rings (SSSR count). The van der Waals surface area contributed by atoms with Crippen molar-refractivity contribution in [2.45, 2.75) is 13.8 Å². The zero-order valence-electron chi connectivity index (χ0n) is 15.9. The minimum absolute atomic E-state index is 0.167. The van der Waals surface area contributed by atoms with Gasteiger partial charge in [0.1, 0.15) is 0 Å². The van der Waals surface area contributed by atoms with Crippen LogP contribution in [0.2, 0.25) is 0 Å². The molecule has 0 heteroatoms. The standard InChI is InChI=1S/C28H16/c1-6-9-12-15-18-20-23-27(24-21-19-16-13-10-7-2)28(26(4)5)25-22-17-14-11-8-3/h23-24,26-27H,1-3H2,4-5H3.